The second-order valence-corrected chi connectivity index (χ2v) is 5.37. The molecule has 122 valence electrons. The van der Waals surface area contributed by atoms with Crippen LogP contribution >= 0.6 is 11.6 Å². The highest BCUT2D eigenvalue weighted by atomic mass is 35.5. The van der Waals surface area contributed by atoms with Gasteiger partial charge in [0, 0.05) is 18.0 Å². The van der Waals surface area contributed by atoms with Crippen molar-refractivity contribution in [2.75, 3.05) is 11.9 Å². The topological polar surface area (TPSA) is 88.9 Å². The van der Waals surface area contributed by atoms with Gasteiger partial charge in [0.1, 0.15) is 6.54 Å². The van der Waals surface area contributed by atoms with E-state index in [9.17, 15) is 9.59 Å². The van der Waals surface area contributed by atoms with Crippen LogP contribution in [-0.4, -0.2) is 33.4 Å². The second kappa shape index (κ2) is 8.28. The van der Waals surface area contributed by atoms with Crippen LogP contribution in [0.2, 0.25) is 5.02 Å². The van der Waals surface area contributed by atoms with Crippen molar-refractivity contribution in [2.24, 2.45) is 0 Å². The normalized spacial score (nSPS) is 10.3. The lowest BCUT2D eigenvalue weighted by Crippen LogP contribution is -2.29. The zero-order chi connectivity index (χ0) is 16.7. The number of aromatic nitrogens is 3. The van der Waals surface area contributed by atoms with E-state index in [1.54, 1.807) is 6.92 Å². The van der Waals surface area contributed by atoms with E-state index >= 15 is 0 Å². The Morgan fingerprint density at radius 1 is 1.30 bits per heavy atom. The fourth-order valence-electron chi connectivity index (χ4n) is 1.91. The van der Waals surface area contributed by atoms with Crippen molar-refractivity contribution < 1.29 is 9.59 Å². The summed E-state index contributed by atoms with van der Waals surface area (Å²) in [5.41, 5.74) is 1.06. The molecule has 0 unspecified atom stereocenters. The van der Waals surface area contributed by atoms with Crippen molar-refractivity contribution in [2.45, 2.75) is 26.3 Å². The van der Waals surface area contributed by atoms with E-state index in [0.717, 1.165) is 5.56 Å². The standard InChI is InChI=1S/C15H18ClN5O2/c1-2-14(22)18-13-9-21(20-19-13)10-15(23)17-7-6-11-4-3-5-12(16)8-11/h3-5,8-9H,2,6-7,10H2,1H3,(H,17,23)(H,18,22). The van der Waals surface area contributed by atoms with Crippen molar-refractivity contribution in [3.05, 3.63) is 41.0 Å². The number of hydrogen-bond donors (Lipinski definition) is 2. The van der Waals surface area contributed by atoms with Gasteiger partial charge in [-0.3, -0.25) is 9.59 Å². The van der Waals surface area contributed by atoms with Crippen LogP contribution in [0, 0.1) is 0 Å². The van der Waals surface area contributed by atoms with E-state index in [2.05, 4.69) is 20.9 Å². The van der Waals surface area contributed by atoms with Gasteiger partial charge in [0.05, 0.1) is 6.20 Å². The summed E-state index contributed by atoms with van der Waals surface area (Å²) in [6.45, 7) is 2.30. The van der Waals surface area contributed by atoms with E-state index in [-0.39, 0.29) is 18.4 Å². The third-order valence-electron chi connectivity index (χ3n) is 3.06. The molecule has 0 bridgehead atoms. The second-order valence-electron chi connectivity index (χ2n) is 4.93. The van der Waals surface area contributed by atoms with Gasteiger partial charge in [-0.25, -0.2) is 4.68 Å². The molecular weight excluding hydrogens is 318 g/mol. The molecule has 2 N–H and O–H groups in total. The summed E-state index contributed by atoms with van der Waals surface area (Å²) >= 11 is 5.91. The molecule has 2 aromatic rings. The molecule has 0 saturated carbocycles. The first kappa shape index (κ1) is 17.0. The van der Waals surface area contributed by atoms with Crippen molar-refractivity contribution in [3.63, 3.8) is 0 Å². The number of anilines is 1. The van der Waals surface area contributed by atoms with Crippen LogP contribution in [0.3, 0.4) is 0 Å². The van der Waals surface area contributed by atoms with E-state index < -0.39 is 0 Å². The first-order chi connectivity index (χ1) is 11.1. The Kier molecular flexibility index (Phi) is 6.10. The van der Waals surface area contributed by atoms with Gasteiger partial charge in [-0.05, 0) is 24.1 Å². The quantitative estimate of drug-likeness (QED) is 0.805. The van der Waals surface area contributed by atoms with Gasteiger partial charge >= 0.3 is 0 Å². The first-order valence-corrected chi connectivity index (χ1v) is 7.65. The maximum atomic E-state index is 11.8. The summed E-state index contributed by atoms with van der Waals surface area (Å²) in [6, 6.07) is 7.51. The van der Waals surface area contributed by atoms with Gasteiger partial charge in [0.25, 0.3) is 0 Å². The molecular formula is C15H18ClN5O2. The Morgan fingerprint density at radius 2 is 2.13 bits per heavy atom. The molecule has 2 amide bonds. The summed E-state index contributed by atoms with van der Waals surface area (Å²) in [6.07, 6.45) is 2.57. The average Bonchev–Trinajstić information content (AvgIpc) is 2.94. The zero-order valence-corrected chi connectivity index (χ0v) is 13.5. The van der Waals surface area contributed by atoms with Gasteiger partial charge in [0.15, 0.2) is 5.82 Å². The predicted molar refractivity (Wildman–Crippen MR) is 87.1 cm³/mol. The van der Waals surface area contributed by atoms with Gasteiger partial charge < -0.3 is 10.6 Å². The van der Waals surface area contributed by atoms with Crippen LogP contribution in [0.5, 0.6) is 0 Å². The molecule has 1 aromatic heterocycles. The summed E-state index contributed by atoms with van der Waals surface area (Å²) in [5.74, 6) is 0.0110. The zero-order valence-electron chi connectivity index (χ0n) is 12.8. The highest BCUT2D eigenvalue weighted by Gasteiger charge is 2.07. The van der Waals surface area contributed by atoms with Crippen molar-refractivity contribution in [1.29, 1.82) is 0 Å². The molecule has 1 aromatic carbocycles. The van der Waals surface area contributed by atoms with Gasteiger partial charge in [-0.2, -0.15) is 0 Å². The maximum absolute atomic E-state index is 11.8. The van der Waals surface area contributed by atoms with Crippen molar-refractivity contribution in [3.8, 4) is 0 Å². The van der Waals surface area contributed by atoms with Crippen molar-refractivity contribution >= 4 is 29.2 Å². The SMILES string of the molecule is CCC(=O)Nc1cn(CC(=O)NCCc2cccc(Cl)c2)nn1. The number of benzene rings is 1. The molecule has 0 fully saturated rings. The van der Waals surface area contributed by atoms with Crippen molar-refractivity contribution in [1.82, 2.24) is 20.3 Å². The fourth-order valence-corrected chi connectivity index (χ4v) is 2.12. The summed E-state index contributed by atoms with van der Waals surface area (Å²) in [4.78, 5) is 23.1. The number of hydrogen-bond acceptors (Lipinski definition) is 4. The lowest BCUT2D eigenvalue weighted by molar-refractivity contribution is -0.121. The van der Waals surface area contributed by atoms with Crippen LogP contribution in [-0.2, 0) is 22.6 Å². The maximum Gasteiger partial charge on any atom is 0.241 e. The van der Waals surface area contributed by atoms with Gasteiger partial charge in [0.2, 0.25) is 11.8 Å². The number of carbonyl (C=O) groups excluding carboxylic acids is 2. The minimum atomic E-state index is -0.176. The van der Waals surface area contributed by atoms with E-state index in [1.807, 2.05) is 24.3 Å². The molecule has 7 nitrogen and oxygen atoms in total. The predicted octanol–water partition coefficient (Wildman–Crippen LogP) is 1.64. The molecule has 8 heteroatoms. The fraction of sp³-hybridized carbons (Fsp3) is 0.333. The summed E-state index contributed by atoms with van der Waals surface area (Å²) in [5, 5.41) is 13.6. The Labute approximate surface area is 139 Å². The smallest absolute Gasteiger partial charge is 0.241 e. The largest absolute Gasteiger partial charge is 0.354 e. The molecule has 0 aliphatic rings. The van der Waals surface area contributed by atoms with E-state index in [0.29, 0.717) is 30.2 Å². The summed E-state index contributed by atoms with van der Waals surface area (Å²) < 4.78 is 1.37. The number of nitrogens with one attached hydrogen (secondary N) is 2. The number of halogens is 1. The Morgan fingerprint density at radius 3 is 2.87 bits per heavy atom. The lowest BCUT2D eigenvalue weighted by Gasteiger charge is -2.05. The van der Waals surface area contributed by atoms with E-state index in [1.165, 1.54) is 10.9 Å². The number of rotatable bonds is 7. The molecule has 0 radical (unpaired) electrons. The van der Waals surface area contributed by atoms with Crippen LogP contribution in [0.1, 0.15) is 18.9 Å². The summed E-state index contributed by atoms with van der Waals surface area (Å²) in [7, 11) is 0. The lowest BCUT2D eigenvalue weighted by atomic mass is 10.1. The highest BCUT2D eigenvalue weighted by molar-refractivity contribution is 6.30. The molecule has 0 spiro atoms. The number of amides is 2. The Balaban J connectivity index is 1.75. The number of nitrogens with zero attached hydrogens (tertiary/aromatic N) is 3. The Bertz CT molecular complexity index is 686. The third kappa shape index (κ3) is 5.71. The van der Waals surface area contributed by atoms with Gasteiger partial charge in [-0.1, -0.05) is 35.9 Å². The molecule has 2 rings (SSSR count). The Hall–Kier alpha value is -2.41. The minimum Gasteiger partial charge on any atom is -0.354 e. The van der Waals surface area contributed by atoms with Crippen LogP contribution < -0.4 is 10.6 Å². The molecule has 0 aliphatic carbocycles. The van der Waals surface area contributed by atoms with Crippen LogP contribution in [0.25, 0.3) is 0 Å². The molecule has 0 aliphatic heterocycles. The first-order valence-electron chi connectivity index (χ1n) is 7.28. The van der Waals surface area contributed by atoms with E-state index in [4.69, 9.17) is 11.6 Å². The molecule has 0 atom stereocenters. The van der Waals surface area contributed by atoms with Crippen LogP contribution in [0.15, 0.2) is 30.5 Å². The third-order valence-corrected chi connectivity index (χ3v) is 3.29. The minimum absolute atomic E-state index is 0.0462. The highest BCUT2D eigenvalue weighted by Crippen LogP contribution is 2.10. The molecule has 1 heterocycles. The monoisotopic (exact) mass is 335 g/mol. The average molecular weight is 336 g/mol. The molecule has 0 saturated heterocycles. The van der Waals surface area contributed by atoms with Crippen LogP contribution in [0.4, 0.5) is 5.82 Å². The molecule has 23 heavy (non-hydrogen) atoms. The van der Waals surface area contributed by atoms with Gasteiger partial charge in [-0.15, -0.1) is 5.10 Å². The number of carbonyl (C=O) groups is 2.